The Balaban J connectivity index is 2.24. The van der Waals surface area contributed by atoms with E-state index >= 15 is 0 Å². The van der Waals surface area contributed by atoms with E-state index in [0.717, 1.165) is 24.4 Å². The van der Waals surface area contributed by atoms with E-state index in [1.54, 1.807) is 0 Å². The predicted molar refractivity (Wildman–Crippen MR) is 85.7 cm³/mol. The van der Waals surface area contributed by atoms with Crippen molar-refractivity contribution >= 4 is 34.7 Å². The summed E-state index contributed by atoms with van der Waals surface area (Å²) in [5.41, 5.74) is 7.99. The first kappa shape index (κ1) is 13.7. The maximum atomic E-state index is 5.81. The molecule has 0 aromatic heterocycles. The molecule has 1 aromatic rings. The van der Waals surface area contributed by atoms with E-state index in [-0.39, 0.29) is 0 Å². The minimum Gasteiger partial charge on any atom is -0.389 e. The van der Waals surface area contributed by atoms with Crippen molar-refractivity contribution in [2.45, 2.75) is 25.0 Å². The number of hydrogen-bond acceptors (Lipinski definition) is 3. The summed E-state index contributed by atoms with van der Waals surface area (Å²) in [7, 11) is 0. The fourth-order valence-corrected chi connectivity index (χ4v) is 3.49. The first-order valence-corrected chi connectivity index (χ1v) is 7.67. The SMILES string of the molecule is CC1(C)CCN(c2ccccc2C(N)=S)CCS1. The van der Waals surface area contributed by atoms with Gasteiger partial charge in [-0.15, -0.1) is 0 Å². The van der Waals surface area contributed by atoms with E-state index in [1.807, 2.05) is 23.9 Å². The van der Waals surface area contributed by atoms with Crippen molar-refractivity contribution in [2.24, 2.45) is 5.73 Å². The molecule has 0 aliphatic carbocycles. The lowest BCUT2D eigenvalue weighted by atomic mass is 10.1. The summed E-state index contributed by atoms with van der Waals surface area (Å²) in [4.78, 5) is 2.90. The summed E-state index contributed by atoms with van der Waals surface area (Å²) in [5.74, 6) is 1.15. The molecule has 0 spiro atoms. The molecule has 18 heavy (non-hydrogen) atoms. The molecular weight excluding hydrogens is 260 g/mol. The normalized spacial score (nSPS) is 19.3. The summed E-state index contributed by atoms with van der Waals surface area (Å²) in [6, 6.07) is 8.19. The molecule has 2 N–H and O–H groups in total. The molecule has 1 saturated heterocycles. The number of thioether (sulfide) groups is 1. The maximum absolute atomic E-state index is 5.81. The summed E-state index contributed by atoms with van der Waals surface area (Å²) in [5, 5.41) is 0. The molecule has 1 fully saturated rings. The monoisotopic (exact) mass is 280 g/mol. The smallest absolute Gasteiger partial charge is 0.106 e. The third-order valence-electron chi connectivity index (χ3n) is 3.35. The number of hydrogen-bond donors (Lipinski definition) is 1. The van der Waals surface area contributed by atoms with Crippen molar-refractivity contribution < 1.29 is 0 Å². The molecule has 98 valence electrons. The summed E-state index contributed by atoms with van der Waals surface area (Å²) in [6.07, 6.45) is 1.18. The van der Waals surface area contributed by atoms with Gasteiger partial charge in [-0.2, -0.15) is 11.8 Å². The van der Waals surface area contributed by atoms with Gasteiger partial charge in [0.05, 0.1) is 0 Å². The van der Waals surface area contributed by atoms with Crippen LogP contribution >= 0.6 is 24.0 Å². The van der Waals surface area contributed by atoms with Crippen LogP contribution in [-0.2, 0) is 0 Å². The molecule has 1 aliphatic rings. The Morgan fingerprint density at radius 3 is 2.78 bits per heavy atom. The number of nitrogens with two attached hydrogens (primary N) is 1. The van der Waals surface area contributed by atoms with Gasteiger partial charge in [-0.1, -0.05) is 38.2 Å². The molecule has 2 nitrogen and oxygen atoms in total. The number of rotatable bonds is 2. The van der Waals surface area contributed by atoms with Crippen molar-refractivity contribution in [2.75, 3.05) is 23.7 Å². The number of anilines is 1. The molecular formula is C14H20N2S2. The van der Waals surface area contributed by atoms with E-state index in [2.05, 4.69) is 30.9 Å². The second-order valence-corrected chi connectivity index (χ2v) is 7.47. The molecule has 0 saturated carbocycles. The van der Waals surface area contributed by atoms with Crippen molar-refractivity contribution in [1.29, 1.82) is 0 Å². The molecule has 0 atom stereocenters. The van der Waals surface area contributed by atoms with Crippen LogP contribution in [0.2, 0.25) is 0 Å². The molecule has 4 heteroatoms. The van der Waals surface area contributed by atoms with Crippen LogP contribution in [0, 0.1) is 0 Å². The molecule has 1 aromatic carbocycles. The van der Waals surface area contributed by atoms with Gasteiger partial charge < -0.3 is 10.6 Å². The quantitative estimate of drug-likeness (QED) is 0.843. The Morgan fingerprint density at radius 1 is 1.33 bits per heavy atom. The van der Waals surface area contributed by atoms with Gasteiger partial charge in [-0.05, 0) is 18.6 Å². The lowest BCUT2D eigenvalue weighted by Crippen LogP contribution is -2.29. The van der Waals surface area contributed by atoms with E-state index in [0.29, 0.717) is 9.74 Å². The van der Waals surface area contributed by atoms with Crippen molar-refractivity contribution in [3.05, 3.63) is 29.8 Å². The molecule has 0 unspecified atom stereocenters. The molecule has 1 aliphatic heterocycles. The Hall–Kier alpha value is -0.740. The van der Waals surface area contributed by atoms with E-state index in [9.17, 15) is 0 Å². The van der Waals surface area contributed by atoms with E-state index < -0.39 is 0 Å². The van der Waals surface area contributed by atoms with Gasteiger partial charge >= 0.3 is 0 Å². The average molecular weight is 280 g/mol. The fourth-order valence-electron chi connectivity index (χ4n) is 2.22. The predicted octanol–water partition coefficient (Wildman–Crippen LogP) is 3.04. The number of benzene rings is 1. The van der Waals surface area contributed by atoms with Gasteiger partial charge in [0.2, 0.25) is 0 Å². The Labute approximate surface area is 119 Å². The highest BCUT2D eigenvalue weighted by molar-refractivity contribution is 8.00. The Kier molecular flexibility index (Phi) is 4.17. The highest BCUT2D eigenvalue weighted by Crippen LogP contribution is 2.33. The largest absolute Gasteiger partial charge is 0.389 e. The van der Waals surface area contributed by atoms with Crippen LogP contribution < -0.4 is 10.6 Å². The Morgan fingerprint density at radius 2 is 2.06 bits per heavy atom. The van der Waals surface area contributed by atoms with Gasteiger partial charge in [0, 0.05) is 34.8 Å². The van der Waals surface area contributed by atoms with Gasteiger partial charge in [-0.3, -0.25) is 0 Å². The third kappa shape index (κ3) is 3.18. The Bertz CT molecular complexity index is 443. The van der Waals surface area contributed by atoms with E-state index in [4.69, 9.17) is 18.0 Å². The van der Waals surface area contributed by atoms with Crippen LogP contribution in [0.15, 0.2) is 24.3 Å². The van der Waals surface area contributed by atoms with Crippen molar-refractivity contribution in [3.63, 3.8) is 0 Å². The standard InChI is InChI=1S/C14H20N2S2/c1-14(2)7-8-16(9-10-18-14)12-6-4-3-5-11(12)13(15)17/h3-6H,7-10H2,1-2H3,(H2,15,17). The zero-order valence-electron chi connectivity index (χ0n) is 11.0. The number of nitrogens with zero attached hydrogens (tertiary/aromatic N) is 1. The summed E-state index contributed by atoms with van der Waals surface area (Å²) < 4.78 is 0.368. The zero-order chi connectivity index (χ0) is 13.2. The van der Waals surface area contributed by atoms with Crippen LogP contribution in [0.1, 0.15) is 25.8 Å². The van der Waals surface area contributed by atoms with Crippen LogP contribution in [0.5, 0.6) is 0 Å². The average Bonchev–Trinajstić information content (AvgIpc) is 2.50. The lowest BCUT2D eigenvalue weighted by Gasteiger charge is -2.26. The van der Waals surface area contributed by atoms with Gasteiger partial charge in [-0.25, -0.2) is 0 Å². The topological polar surface area (TPSA) is 29.3 Å². The molecule has 0 amide bonds. The van der Waals surface area contributed by atoms with Crippen LogP contribution in [0.4, 0.5) is 5.69 Å². The second-order valence-electron chi connectivity index (χ2n) is 5.23. The zero-order valence-corrected chi connectivity index (χ0v) is 12.6. The lowest BCUT2D eigenvalue weighted by molar-refractivity contribution is 0.637. The summed E-state index contributed by atoms with van der Waals surface area (Å²) in [6.45, 7) is 6.77. The molecule has 2 rings (SSSR count). The molecule has 0 bridgehead atoms. The maximum Gasteiger partial charge on any atom is 0.106 e. The first-order chi connectivity index (χ1) is 8.49. The van der Waals surface area contributed by atoms with Crippen molar-refractivity contribution in [3.8, 4) is 0 Å². The van der Waals surface area contributed by atoms with Gasteiger partial charge in [0.25, 0.3) is 0 Å². The fraction of sp³-hybridized carbons (Fsp3) is 0.500. The number of para-hydroxylation sites is 1. The highest BCUT2D eigenvalue weighted by atomic mass is 32.2. The van der Waals surface area contributed by atoms with E-state index in [1.165, 1.54) is 12.1 Å². The van der Waals surface area contributed by atoms with Crippen LogP contribution in [-0.4, -0.2) is 28.6 Å². The van der Waals surface area contributed by atoms with Gasteiger partial charge in [0.1, 0.15) is 4.99 Å². The number of thiocarbonyl (C=S) groups is 1. The second kappa shape index (κ2) is 5.49. The third-order valence-corrected chi connectivity index (χ3v) is 4.94. The van der Waals surface area contributed by atoms with Crippen LogP contribution in [0.3, 0.4) is 0 Å². The summed E-state index contributed by atoms with van der Waals surface area (Å²) >= 11 is 7.19. The molecule has 1 heterocycles. The van der Waals surface area contributed by atoms with Crippen molar-refractivity contribution in [1.82, 2.24) is 0 Å². The molecule has 0 radical (unpaired) electrons. The van der Waals surface area contributed by atoms with Gasteiger partial charge in [0.15, 0.2) is 0 Å². The minimum atomic E-state index is 0.368. The first-order valence-electron chi connectivity index (χ1n) is 6.27. The highest BCUT2D eigenvalue weighted by Gasteiger charge is 2.24. The minimum absolute atomic E-state index is 0.368. The van der Waals surface area contributed by atoms with Crippen LogP contribution in [0.25, 0.3) is 0 Å².